The van der Waals surface area contributed by atoms with Crippen molar-refractivity contribution in [3.05, 3.63) is 0 Å². The number of hydrogen-bond acceptors (Lipinski definition) is 4. The van der Waals surface area contributed by atoms with Crippen LogP contribution < -0.4 is 0 Å². The summed E-state index contributed by atoms with van der Waals surface area (Å²) in [6.45, 7) is 1.83. The van der Waals surface area contributed by atoms with Crippen LogP contribution in [0.5, 0.6) is 0 Å². The summed E-state index contributed by atoms with van der Waals surface area (Å²) in [6, 6.07) is 0. The van der Waals surface area contributed by atoms with Gasteiger partial charge in [0.25, 0.3) is 0 Å². The molecule has 0 radical (unpaired) electrons. The van der Waals surface area contributed by atoms with E-state index in [9.17, 15) is 9.59 Å². The first-order valence-corrected chi connectivity index (χ1v) is 6.29. The molecule has 0 bridgehead atoms. The van der Waals surface area contributed by atoms with Gasteiger partial charge in [-0.25, -0.2) is 0 Å². The number of alkyl halides is 1. The average Bonchev–Trinajstić information content (AvgIpc) is 2.64. The number of hydrogen-bond donors (Lipinski definition) is 0. The van der Waals surface area contributed by atoms with E-state index in [-0.39, 0.29) is 29.9 Å². The Kier molecular flexibility index (Phi) is 3.18. The van der Waals surface area contributed by atoms with Crippen LogP contribution in [0.15, 0.2) is 0 Å². The van der Waals surface area contributed by atoms with Gasteiger partial charge in [0.2, 0.25) is 0 Å². The maximum atomic E-state index is 11.2. The van der Waals surface area contributed by atoms with Crippen molar-refractivity contribution in [1.29, 1.82) is 0 Å². The van der Waals surface area contributed by atoms with Gasteiger partial charge in [-0.2, -0.15) is 0 Å². The van der Waals surface area contributed by atoms with Gasteiger partial charge in [0, 0.05) is 22.7 Å². The Morgan fingerprint density at radius 2 is 2.40 bits per heavy atom. The van der Waals surface area contributed by atoms with E-state index in [1.807, 2.05) is 0 Å². The van der Waals surface area contributed by atoms with E-state index in [4.69, 9.17) is 9.47 Å². The third kappa shape index (κ3) is 2.26. The molecule has 0 unspecified atom stereocenters. The Morgan fingerprint density at radius 3 is 3.07 bits per heavy atom. The smallest absolute Gasteiger partial charge is 0.306 e. The summed E-state index contributed by atoms with van der Waals surface area (Å²) in [7, 11) is 0. The monoisotopic (exact) mass is 324 g/mol. The lowest BCUT2D eigenvalue weighted by Gasteiger charge is -2.14. The highest BCUT2D eigenvalue weighted by Gasteiger charge is 2.49. The minimum atomic E-state index is -0.256. The minimum Gasteiger partial charge on any atom is -0.466 e. The van der Waals surface area contributed by atoms with Gasteiger partial charge >= 0.3 is 11.9 Å². The highest BCUT2D eigenvalue weighted by Crippen LogP contribution is 2.44. The summed E-state index contributed by atoms with van der Waals surface area (Å²) >= 11 is 2.31. The molecule has 1 saturated carbocycles. The fraction of sp³-hybridized carbons (Fsp3) is 0.800. The van der Waals surface area contributed by atoms with Crippen LogP contribution >= 0.6 is 22.6 Å². The molecule has 4 atom stereocenters. The lowest BCUT2D eigenvalue weighted by atomic mass is 9.94. The van der Waals surface area contributed by atoms with Gasteiger partial charge in [-0.3, -0.25) is 9.59 Å². The molecule has 5 heteroatoms. The second-order valence-corrected chi connectivity index (χ2v) is 5.74. The average molecular weight is 324 g/mol. The SMILES string of the molecule is CC(=O)OC[C@@H]1C[C@@H](I)[C@@H]2OC(=O)C[C@H]12. The molecule has 0 aromatic carbocycles. The van der Waals surface area contributed by atoms with Crippen molar-refractivity contribution in [2.75, 3.05) is 6.61 Å². The fourth-order valence-corrected chi connectivity index (χ4v) is 3.72. The molecule has 84 valence electrons. The number of carbonyl (C=O) groups excluding carboxylic acids is 2. The Morgan fingerprint density at radius 1 is 1.67 bits per heavy atom. The van der Waals surface area contributed by atoms with E-state index < -0.39 is 0 Å². The zero-order valence-corrected chi connectivity index (χ0v) is 10.6. The first kappa shape index (κ1) is 11.2. The van der Waals surface area contributed by atoms with Gasteiger partial charge in [0.05, 0.1) is 13.0 Å². The lowest BCUT2D eigenvalue weighted by Crippen LogP contribution is -2.21. The van der Waals surface area contributed by atoms with E-state index in [2.05, 4.69) is 22.6 Å². The van der Waals surface area contributed by atoms with E-state index in [0.29, 0.717) is 17.0 Å². The predicted octanol–water partition coefficient (Wildman–Crippen LogP) is 1.30. The molecular formula is C10H13IO4. The number of esters is 2. The maximum absolute atomic E-state index is 11.2. The molecule has 0 aromatic heterocycles. The van der Waals surface area contributed by atoms with Crippen molar-refractivity contribution >= 4 is 34.5 Å². The van der Waals surface area contributed by atoms with Gasteiger partial charge in [0.15, 0.2) is 0 Å². The number of halogens is 1. The number of rotatable bonds is 2. The summed E-state index contributed by atoms with van der Waals surface area (Å²) in [5.41, 5.74) is 0. The molecular weight excluding hydrogens is 311 g/mol. The van der Waals surface area contributed by atoms with Crippen LogP contribution in [0.25, 0.3) is 0 Å². The van der Waals surface area contributed by atoms with Crippen LogP contribution in [-0.2, 0) is 19.1 Å². The van der Waals surface area contributed by atoms with Crippen molar-refractivity contribution < 1.29 is 19.1 Å². The number of ether oxygens (including phenoxy) is 2. The Balaban J connectivity index is 1.96. The third-order valence-corrected chi connectivity index (χ3v) is 4.30. The lowest BCUT2D eigenvalue weighted by molar-refractivity contribution is -0.143. The molecule has 0 amide bonds. The minimum absolute atomic E-state index is 0.0404. The summed E-state index contributed by atoms with van der Waals surface area (Å²) in [4.78, 5) is 21.9. The molecule has 15 heavy (non-hydrogen) atoms. The zero-order valence-electron chi connectivity index (χ0n) is 8.44. The van der Waals surface area contributed by atoms with Gasteiger partial charge < -0.3 is 9.47 Å². The summed E-state index contributed by atoms with van der Waals surface area (Å²) in [6.07, 6.45) is 1.49. The Labute approximate surface area is 102 Å². The van der Waals surface area contributed by atoms with Crippen LogP contribution in [0.2, 0.25) is 0 Å². The third-order valence-electron chi connectivity index (χ3n) is 3.08. The highest BCUT2D eigenvalue weighted by molar-refractivity contribution is 14.1. The molecule has 1 heterocycles. The second kappa shape index (κ2) is 4.27. The van der Waals surface area contributed by atoms with Crippen molar-refractivity contribution in [2.45, 2.75) is 29.8 Å². The molecule has 2 fully saturated rings. The summed E-state index contributed by atoms with van der Waals surface area (Å²) < 4.78 is 10.6. The van der Waals surface area contributed by atoms with Gasteiger partial charge in [0.1, 0.15) is 6.10 Å². The number of carbonyl (C=O) groups is 2. The standard InChI is InChI=1S/C10H13IO4/c1-5(12)14-4-6-2-8(11)10-7(6)3-9(13)15-10/h6-8,10H,2-4H2,1H3/t6-,7+,8+,10+/m0/s1. The molecule has 2 aliphatic rings. The zero-order chi connectivity index (χ0) is 11.0. The summed E-state index contributed by atoms with van der Waals surface area (Å²) in [5, 5.41) is 0. The van der Waals surface area contributed by atoms with Crippen molar-refractivity contribution in [3.8, 4) is 0 Å². The van der Waals surface area contributed by atoms with Gasteiger partial charge in [-0.05, 0) is 6.42 Å². The van der Waals surface area contributed by atoms with Gasteiger partial charge in [-0.15, -0.1) is 0 Å². The molecule has 4 nitrogen and oxygen atoms in total. The van der Waals surface area contributed by atoms with E-state index in [1.54, 1.807) is 0 Å². The first-order chi connectivity index (χ1) is 7.08. The molecule has 1 saturated heterocycles. The fourth-order valence-electron chi connectivity index (χ4n) is 2.39. The first-order valence-electron chi connectivity index (χ1n) is 5.05. The Hall–Kier alpha value is -0.330. The maximum Gasteiger partial charge on any atom is 0.306 e. The van der Waals surface area contributed by atoms with E-state index in [0.717, 1.165) is 6.42 Å². The van der Waals surface area contributed by atoms with Crippen LogP contribution in [0.4, 0.5) is 0 Å². The quantitative estimate of drug-likeness (QED) is 0.437. The second-order valence-electron chi connectivity index (χ2n) is 4.14. The molecule has 0 spiro atoms. The van der Waals surface area contributed by atoms with Crippen molar-refractivity contribution in [2.24, 2.45) is 11.8 Å². The molecule has 2 rings (SSSR count). The molecule has 1 aliphatic carbocycles. The van der Waals surface area contributed by atoms with Crippen molar-refractivity contribution in [3.63, 3.8) is 0 Å². The highest BCUT2D eigenvalue weighted by atomic mass is 127. The summed E-state index contributed by atoms with van der Waals surface area (Å²) in [5.74, 6) is 0.166. The van der Waals surface area contributed by atoms with Crippen LogP contribution in [-0.4, -0.2) is 28.6 Å². The molecule has 0 aromatic rings. The van der Waals surface area contributed by atoms with E-state index >= 15 is 0 Å². The van der Waals surface area contributed by atoms with Crippen LogP contribution in [0.3, 0.4) is 0 Å². The Bertz CT molecular complexity index is 291. The number of fused-ring (bicyclic) bond motifs is 1. The van der Waals surface area contributed by atoms with Crippen LogP contribution in [0.1, 0.15) is 19.8 Å². The van der Waals surface area contributed by atoms with Crippen LogP contribution in [0, 0.1) is 11.8 Å². The van der Waals surface area contributed by atoms with Crippen molar-refractivity contribution in [1.82, 2.24) is 0 Å². The normalized spacial score (nSPS) is 38.7. The van der Waals surface area contributed by atoms with E-state index in [1.165, 1.54) is 6.92 Å². The predicted molar refractivity (Wildman–Crippen MR) is 60.5 cm³/mol. The largest absolute Gasteiger partial charge is 0.466 e. The van der Waals surface area contributed by atoms with Gasteiger partial charge in [-0.1, -0.05) is 22.6 Å². The molecule has 1 aliphatic heterocycles. The molecule has 0 N–H and O–H groups in total. The topological polar surface area (TPSA) is 52.6 Å².